The van der Waals surface area contributed by atoms with Gasteiger partial charge in [0.05, 0.1) is 13.2 Å². The van der Waals surface area contributed by atoms with Gasteiger partial charge >= 0.3 is 25.7 Å². The van der Waals surface area contributed by atoms with Crippen LogP contribution in [0.1, 0.15) is 245 Å². The molecule has 0 aliphatic carbocycles. The maximum Gasteiger partial charge on any atom is 0.472 e. The third-order valence-corrected chi connectivity index (χ3v) is 12.0. The molecule has 0 radical (unpaired) electrons. The summed E-state index contributed by atoms with van der Waals surface area (Å²) in [6.07, 6.45) is 45.7. The van der Waals surface area contributed by atoms with E-state index >= 15 is 0 Å². The molecule has 0 fully saturated rings. The number of esters is 2. The third-order valence-electron chi connectivity index (χ3n) is 11.0. The summed E-state index contributed by atoms with van der Waals surface area (Å²) in [6.45, 7) is 2.83. The number of hydrogen-bond acceptors (Lipinski definition) is 9. The van der Waals surface area contributed by atoms with Crippen molar-refractivity contribution in [2.75, 3.05) is 19.8 Å². The van der Waals surface area contributed by atoms with Crippen LogP contribution in [0.4, 0.5) is 0 Å². The molecule has 0 rings (SSSR count). The van der Waals surface area contributed by atoms with Gasteiger partial charge in [0.2, 0.25) is 0 Å². The van der Waals surface area contributed by atoms with E-state index in [4.69, 9.17) is 24.8 Å². The Hall–Kier alpha value is -1.78. The first-order valence-corrected chi connectivity index (χ1v) is 26.2. The van der Waals surface area contributed by atoms with Gasteiger partial charge in [-0.3, -0.25) is 23.4 Å². The van der Waals surface area contributed by atoms with Gasteiger partial charge in [-0.1, -0.05) is 206 Å². The fourth-order valence-corrected chi connectivity index (χ4v) is 7.90. The molecule has 60 heavy (non-hydrogen) atoms. The molecule has 0 aliphatic rings. The zero-order valence-corrected chi connectivity index (χ0v) is 39.5. The van der Waals surface area contributed by atoms with Gasteiger partial charge in [-0.25, -0.2) is 4.57 Å². The highest BCUT2D eigenvalue weighted by Crippen LogP contribution is 2.43. The lowest BCUT2D eigenvalue weighted by atomic mass is 10.0. The Bertz CT molecular complexity index is 1070. The fourth-order valence-electron chi connectivity index (χ4n) is 7.12. The molecule has 0 amide bonds. The Balaban J connectivity index is 4.22. The van der Waals surface area contributed by atoms with Crippen LogP contribution >= 0.6 is 7.82 Å². The van der Waals surface area contributed by atoms with Crippen molar-refractivity contribution < 1.29 is 47.5 Å². The van der Waals surface area contributed by atoms with Crippen LogP contribution in [0.5, 0.6) is 0 Å². The van der Waals surface area contributed by atoms with Crippen LogP contribution in [0.2, 0.25) is 0 Å². The molecule has 0 aromatic rings. The topological polar surface area (TPSA) is 172 Å². The largest absolute Gasteiger partial charge is 0.480 e. The Morgan fingerprint density at radius 1 is 0.500 bits per heavy atom. The van der Waals surface area contributed by atoms with Crippen LogP contribution in [-0.2, 0) is 37.5 Å². The summed E-state index contributed by atoms with van der Waals surface area (Å²) in [5.74, 6) is -2.38. The minimum Gasteiger partial charge on any atom is -0.480 e. The Kier molecular flexibility index (Phi) is 42.6. The molecule has 0 aromatic carbocycles. The van der Waals surface area contributed by atoms with Crippen LogP contribution in [0.3, 0.4) is 0 Å². The maximum absolute atomic E-state index is 12.6. The predicted molar refractivity (Wildman–Crippen MR) is 245 cm³/mol. The molecule has 0 spiro atoms. The molecule has 0 saturated heterocycles. The molecule has 12 heteroatoms. The standard InChI is InChI=1S/C48H92NO10P/c1-3-5-7-9-11-13-15-17-19-20-21-22-23-24-26-27-29-31-33-35-37-39-46(50)56-41-44(42-57-60(54,55)58-43-45(49)48(52)53)59-47(51)40-38-36-34-32-30-28-25-18-16-14-12-10-8-6-4-2/h28,30,44-45H,3-27,29,31-43,49H2,1-2H3,(H,52,53)(H,54,55)/b30-28+/t44-,45-/m0/s1. The number of ether oxygens (including phenoxy) is 2. The van der Waals surface area contributed by atoms with Gasteiger partial charge in [-0.2, -0.15) is 0 Å². The minimum atomic E-state index is -4.72. The lowest BCUT2D eigenvalue weighted by molar-refractivity contribution is -0.161. The van der Waals surface area contributed by atoms with E-state index in [2.05, 4.69) is 30.5 Å². The number of allylic oxidation sites excluding steroid dienone is 2. The van der Waals surface area contributed by atoms with E-state index in [1.165, 1.54) is 161 Å². The van der Waals surface area contributed by atoms with Crippen molar-refractivity contribution in [2.45, 2.75) is 257 Å². The van der Waals surface area contributed by atoms with Crippen LogP contribution in [0, 0.1) is 0 Å². The molecule has 0 saturated carbocycles. The van der Waals surface area contributed by atoms with Gasteiger partial charge in [-0.05, 0) is 38.5 Å². The van der Waals surface area contributed by atoms with E-state index in [1.807, 2.05) is 0 Å². The van der Waals surface area contributed by atoms with Crippen LogP contribution in [-0.4, -0.2) is 59.9 Å². The normalized spacial score (nSPS) is 13.7. The van der Waals surface area contributed by atoms with Crippen LogP contribution in [0.15, 0.2) is 12.2 Å². The Labute approximate surface area is 367 Å². The first-order valence-electron chi connectivity index (χ1n) is 24.7. The van der Waals surface area contributed by atoms with Crippen molar-refractivity contribution in [1.82, 2.24) is 0 Å². The average Bonchev–Trinajstić information content (AvgIpc) is 3.22. The molecule has 0 aliphatic heterocycles. The van der Waals surface area contributed by atoms with Crippen LogP contribution < -0.4 is 5.73 Å². The number of unbranched alkanes of at least 4 members (excludes halogenated alkanes) is 31. The molecule has 1 unspecified atom stereocenters. The average molecular weight is 874 g/mol. The lowest BCUT2D eigenvalue weighted by Gasteiger charge is -2.20. The molecular weight excluding hydrogens is 781 g/mol. The molecule has 354 valence electrons. The summed E-state index contributed by atoms with van der Waals surface area (Å²) in [7, 11) is -4.72. The SMILES string of the molecule is CCCCCCCCCC/C=C/CCCCCC(=O)O[C@@H](COC(=O)CCCCCCCCCCCCCCCCCCCCCCC)COP(=O)(O)OC[C@H](N)C(=O)O. The minimum absolute atomic E-state index is 0.145. The Morgan fingerprint density at radius 2 is 0.833 bits per heavy atom. The highest BCUT2D eigenvalue weighted by molar-refractivity contribution is 7.47. The number of nitrogens with two attached hydrogens (primary N) is 1. The highest BCUT2D eigenvalue weighted by atomic mass is 31.2. The number of phosphoric acid groups is 1. The molecule has 4 N–H and O–H groups in total. The first-order chi connectivity index (χ1) is 29.1. The summed E-state index contributed by atoms with van der Waals surface area (Å²) in [5.41, 5.74) is 5.34. The van der Waals surface area contributed by atoms with Gasteiger partial charge in [0, 0.05) is 12.8 Å². The van der Waals surface area contributed by atoms with Crippen LogP contribution in [0.25, 0.3) is 0 Å². The van der Waals surface area contributed by atoms with Crippen molar-refractivity contribution in [2.24, 2.45) is 5.73 Å². The van der Waals surface area contributed by atoms with Crippen molar-refractivity contribution in [1.29, 1.82) is 0 Å². The second-order valence-electron chi connectivity index (χ2n) is 17.0. The summed E-state index contributed by atoms with van der Waals surface area (Å²) in [6, 6.07) is -1.52. The Morgan fingerprint density at radius 3 is 1.23 bits per heavy atom. The lowest BCUT2D eigenvalue weighted by Crippen LogP contribution is -2.34. The molecule has 3 atom stereocenters. The molecule has 0 heterocycles. The van der Waals surface area contributed by atoms with Crippen molar-refractivity contribution in [3.8, 4) is 0 Å². The van der Waals surface area contributed by atoms with E-state index in [1.54, 1.807) is 0 Å². The second kappa shape index (κ2) is 43.9. The van der Waals surface area contributed by atoms with Gasteiger partial charge in [0.1, 0.15) is 12.6 Å². The number of carbonyl (C=O) groups excluding carboxylic acids is 2. The fraction of sp³-hybridized carbons (Fsp3) is 0.896. The van der Waals surface area contributed by atoms with Gasteiger partial charge in [0.15, 0.2) is 6.10 Å². The van der Waals surface area contributed by atoms with Gasteiger partial charge < -0.3 is 25.2 Å². The second-order valence-corrected chi connectivity index (χ2v) is 18.4. The smallest absolute Gasteiger partial charge is 0.472 e. The number of carboxylic acid groups (broad SMARTS) is 1. The van der Waals surface area contributed by atoms with Crippen molar-refractivity contribution in [3.63, 3.8) is 0 Å². The van der Waals surface area contributed by atoms with E-state index in [0.717, 1.165) is 44.9 Å². The van der Waals surface area contributed by atoms with E-state index in [-0.39, 0.29) is 19.4 Å². The van der Waals surface area contributed by atoms with E-state index < -0.39 is 51.1 Å². The molecule has 0 bridgehead atoms. The monoisotopic (exact) mass is 874 g/mol. The zero-order valence-electron chi connectivity index (χ0n) is 38.6. The number of rotatable bonds is 47. The predicted octanol–water partition coefficient (Wildman–Crippen LogP) is 13.6. The maximum atomic E-state index is 12.6. The summed E-state index contributed by atoms with van der Waals surface area (Å²) < 4.78 is 32.8. The number of hydrogen-bond donors (Lipinski definition) is 3. The number of phosphoric ester groups is 1. The first kappa shape index (κ1) is 58.2. The van der Waals surface area contributed by atoms with E-state index in [9.17, 15) is 23.8 Å². The number of carboxylic acids is 1. The van der Waals surface area contributed by atoms with Crippen molar-refractivity contribution in [3.05, 3.63) is 12.2 Å². The number of aliphatic carboxylic acids is 1. The highest BCUT2D eigenvalue weighted by Gasteiger charge is 2.28. The summed E-state index contributed by atoms with van der Waals surface area (Å²) >= 11 is 0. The zero-order chi connectivity index (χ0) is 44.2. The van der Waals surface area contributed by atoms with Gasteiger partial charge in [-0.15, -0.1) is 0 Å². The molecule has 11 nitrogen and oxygen atoms in total. The molecular formula is C48H92NO10P. The van der Waals surface area contributed by atoms with E-state index in [0.29, 0.717) is 12.8 Å². The van der Waals surface area contributed by atoms with Crippen molar-refractivity contribution >= 4 is 25.7 Å². The third kappa shape index (κ3) is 42.9. The summed E-state index contributed by atoms with van der Waals surface area (Å²) in [4.78, 5) is 46.1. The quantitative estimate of drug-likeness (QED) is 0.0230. The van der Waals surface area contributed by atoms with Gasteiger partial charge in [0.25, 0.3) is 0 Å². The molecule has 0 aromatic heterocycles. The summed E-state index contributed by atoms with van der Waals surface area (Å²) in [5, 5.41) is 8.91. The number of carbonyl (C=O) groups is 3.